The van der Waals surface area contributed by atoms with E-state index in [4.69, 9.17) is 0 Å². The zero-order chi connectivity index (χ0) is 13.1. The molecule has 1 aliphatic carbocycles. The number of hydrogen-bond acceptors (Lipinski definition) is 3. The smallest absolute Gasteiger partial charge is 0.0890 e. The van der Waals surface area contributed by atoms with Crippen LogP contribution in [0.25, 0.3) is 11.0 Å². The number of nitrogens with one attached hydrogen (secondary N) is 1. The van der Waals surface area contributed by atoms with Crippen molar-refractivity contribution in [3.05, 3.63) is 36.2 Å². The Bertz CT molecular complexity index is 552. The molecule has 19 heavy (non-hydrogen) atoms. The van der Waals surface area contributed by atoms with E-state index in [0.29, 0.717) is 6.04 Å². The molecule has 0 spiro atoms. The minimum Gasteiger partial charge on any atom is -0.308 e. The van der Waals surface area contributed by atoms with Crippen molar-refractivity contribution in [2.45, 2.75) is 45.2 Å². The van der Waals surface area contributed by atoms with Gasteiger partial charge in [-0.1, -0.05) is 31.9 Å². The summed E-state index contributed by atoms with van der Waals surface area (Å²) in [5, 5.41) is 3.63. The van der Waals surface area contributed by atoms with Gasteiger partial charge in [-0.3, -0.25) is 4.98 Å². The van der Waals surface area contributed by atoms with E-state index < -0.39 is 0 Å². The van der Waals surface area contributed by atoms with Gasteiger partial charge in [-0.05, 0) is 30.9 Å². The Balaban J connectivity index is 1.64. The predicted octanol–water partition coefficient (Wildman–Crippen LogP) is 3.30. The minimum atomic E-state index is 0.650. The Morgan fingerprint density at radius 1 is 1.21 bits per heavy atom. The monoisotopic (exact) mass is 255 g/mol. The summed E-state index contributed by atoms with van der Waals surface area (Å²) in [5.74, 6) is 0.855. The van der Waals surface area contributed by atoms with Crippen molar-refractivity contribution in [1.29, 1.82) is 0 Å². The van der Waals surface area contributed by atoms with Crippen molar-refractivity contribution in [2.24, 2.45) is 5.92 Å². The van der Waals surface area contributed by atoms with Crippen LogP contribution in [0.4, 0.5) is 0 Å². The van der Waals surface area contributed by atoms with Crippen LogP contribution in [0, 0.1) is 5.92 Å². The second-order valence-corrected chi connectivity index (χ2v) is 5.70. The van der Waals surface area contributed by atoms with Gasteiger partial charge in [-0.2, -0.15) is 0 Å². The van der Waals surface area contributed by atoms with Crippen LogP contribution in [0.5, 0.6) is 0 Å². The molecule has 1 aliphatic rings. The molecule has 100 valence electrons. The Hall–Kier alpha value is -1.48. The standard InChI is InChI=1S/C16H21N3/c1-12-5-4-6-13(9-12)17-10-14-11-18-15-7-2-3-8-16(15)19-14/h2-3,7-8,11-13,17H,4-6,9-10H2,1H3. The highest BCUT2D eigenvalue weighted by molar-refractivity contribution is 5.73. The molecule has 1 heterocycles. The van der Waals surface area contributed by atoms with E-state index in [1.54, 1.807) is 0 Å². The van der Waals surface area contributed by atoms with E-state index in [0.717, 1.165) is 29.2 Å². The molecule has 0 saturated heterocycles. The molecule has 1 aromatic heterocycles. The van der Waals surface area contributed by atoms with Crippen LogP contribution in [0.1, 0.15) is 38.3 Å². The summed E-state index contributed by atoms with van der Waals surface area (Å²) in [4.78, 5) is 9.11. The van der Waals surface area contributed by atoms with E-state index in [1.165, 1.54) is 25.7 Å². The van der Waals surface area contributed by atoms with Crippen molar-refractivity contribution in [3.63, 3.8) is 0 Å². The highest BCUT2D eigenvalue weighted by Crippen LogP contribution is 2.23. The lowest BCUT2D eigenvalue weighted by atomic mass is 9.87. The number of para-hydroxylation sites is 2. The molecular weight excluding hydrogens is 234 g/mol. The number of nitrogens with zero attached hydrogens (tertiary/aromatic N) is 2. The molecule has 1 fully saturated rings. The SMILES string of the molecule is CC1CCCC(NCc2cnc3ccccc3n2)C1. The molecule has 3 nitrogen and oxygen atoms in total. The average molecular weight is 255 g/mol. The van der Waals surface area contributed by atoms with Gasteiger partial charge < -0.3 is 5.32 Å². The predicted molar refractivity (Wildman–Crippen MR) is 77.8 cm³/mol. The van der Waals surface area contributed by atoms with Gasteiger partial charge in [0.15, 0.2) is 0 Å². The highest BCUT2D eigenvalue weighted by atomic mass is 14.9. The van der Waals surface area contributed by atoms with Crippen LogP contribution in [-0.4, -0.2) is 16.0 Å². The first kappa shape index (κ1) is 12.5. The van der Waals surface area contributed by atoms with E-state index >= 15 is 0 Å². The van der Waals surface area contributed by atoms with Crippen LogP contribution < -0.4 is 5.32 Å². The fourth-order valence-corrected chi connectivity index (χ4v) is 2.95. The molecule has 2 unspecified atom stereocenters. The van der Waals surface area contributed by atoms with Gasteiger partial charge >= 0.3 is 0 Å². The third-order valence-electron chi connectivity index (χ3n) is 4.01. The third kappa shape index (κ3) is 3.10. The largest absolute Gasteiger partial charge is 0.308 e. The Labute approximate surface area is 114 Å². The maximum absolute atomic E-state index is 4.65. The normalized spacial score (nSPS) is 23.6. The van der Waals surface area contributed by atoms with Crippen molar-refractivity contribution < 1.29 is 0 Å². The molecule has 2 aromatic rings. The molecule has 1 N–H and O–H groups in total. The first-order valence-electron chi connectivity index (χ1n) is 7.25. The Morgan fingerprint density at radius 3 is 2.89 bits per heavy atom. The zero-order valence-corrected chi connectivity index (χ0v) is 11.5. The Morgan fingerprint density at radius 2 is 2.05 bits per heavy atom. The van der Waals surface area contributed by atoms with Gasteiger partial charge in [0.05, 0.1) is 22.9 Å². The first-order chi connectivity index (χ1) is 9.31. The summed E-state index contributed by atoms with van der Waals surface area (Å²) in [6.45, 7) is 3.18. The van der Waals surface area contributed by atoms with Gasteiger partial charge in [0.2, 0.25) is 0 Å². The quantitative estimate of drug-likeness (QED) is 0.914. The van der Waals surface area contributed by atoms with Crippen molar-refractivity contribution in [3.8, 4) is 0 Å². The van der Waals surface area contributed by atoms with Crippen LogP contribution in [0.3, 0.4) is 0 Å². The van der Waals surface area contributed by atoms with Crippen LogP contribution in [0.2, 0.25) is 0 Å². The van der Waals surface area contributed by atoms with E-state index in [2.05, 4.69) is 22.2 Å². The van der Waals surface area contributed by atoms with E-state index in [1.807, 2.05) is 30.5 Å². The lowest BCUT2D eigenvalue weighted by molar-refractivity contribution is 0.300. The lowest BCUT2D eigenvalue weighted by Gasteiger charge is -2.27. The molecule has 3 rings (SSSR count). The van der Waals surface area contributed by atoms with Gasteiger partial charge in [0.25, 0.3) is 0 Å². The lowest BCUT2D eigenvalue weighted by Crippen LogP contribution is -2.33. The molecule has 0 aliphatic heterocycles. The summed E-state index contributed by atoms with van der Waals surface area (Å²) >= 11 is 0. The van der Waals surface area contributed by atoms with Gasteiger partial charge in [-0.25, -0.2) is 4.98 Å². The first-order valence-corrected chi connectivity index (χ1v) is 7.25. The van der Waals surface area contributed by atoms with Crippen LogP contribution >= 0.6 is 0 Å². The molecule has 1 aromatic carbocycles. The van der Waals surface area contributed by atoms with Crippen LogP contribution in [-0.2, 0) is 6.54 Å². The molecule has 3 heteroatoms. The van der Waals surface area contributed by atoms with E-state index in [-0.39, 0.29) is 0 Å². The summed E-state index contributed by atoms with van der Waals surface area (Å²) < 4.78 is 0. The maximum Gasteiger partial charge on any atom is 0.0890 e. The third-order valence-corrected chi connectivity index (χ3v) is 4.01. The number of rotatable bonds is 3. The average Bonchev–Trinajstić information content (AvgIpc) is 2.45. The fourth-order valence-electron chi connectivity index (χ4n) is 2.95. The van der Waals surface area contributed by atoms with Crippen molar-refractivity contribution in [2.75, 3.05) is 0 Å². The number of hydrogen-bond donors (Lipinski definition) is 1. The highest BCUT2D eigenvalue weighted by Gasteiger charge is 2.18. The molecule has 0 radical (unpaired) electrons. The molecule has 0 amide bonds. The maximum atomic E-state index is 4.65. The number of fused-ring (bicyclic) bond motifs is 1. The van der Waals surface area contributed by atoms with Crippen LogP contribution in [0.15, 0.2) is 30.5 Å². The summed E-state index contributed by atoms with van der Waals surface area (Å²) in [5.41, 5.74) is 2.99. The second kappa shape index (κ2) is 5.66. The number of benzene rings is 1. The molecule has 1 saturated carbocycles. The summed E-state index contributed by atoms with van der Waals surface area (Å²) in [6.07, 6.45) is 7.21. The van der Waals surface area contributed by atoms with Gasteiger partial charge in [-0.15, -0.1) is 0 Å². The fraction of sp³-hybridized carbons (Fsp3) is 0.500. The summed E-state index contributed by atoms with van der Waals surface area (Å²) in [6, 6.07) is 8.68. The van der Waals surface area contributed by atoms with Gasteiger partial charge in [0, 0.05) is 12.6 Å². The van der Waals surface area contributed by atoms with E-state index in [9.17, 15) is 0 Å². The van der Waals surface area contributed by atoms with Crippen molar-refractivity contribution >= 4 is 11.0 Å². The molecular formula is C16H21N3. The summed E-state index contributed by atoms with van der Waals surface area (Å²) in [7, 11) is 0. The molecule has 2 atom stereocenters. The van der Waals surface area contributed by atoms with Gasteiger partial charge in [0.1, 0.15) is 0 Å². The van der Waals surface area contributed by atoms with Crippen molar-refractivity contribution in [1.82, 2.24) is 15.3 Å². The topological polar surface area (TPSA) is 37.8 Å². The minimum absolute atomic E-state index is 0.650. The molecule has 0 bridgehead atoms. The zero-order valence-electron chi connectivity index (χ0n) is 11.5. The second-order valence-electron chi connectivity index (χ2n) is 5.70. The number of aromatic nitrogens is 2. The Kier molecular flexibility index (Phi) is 3.74.